The number of benzene rings is 1. The summed E-state index contributed by atoms with van der Waals surface area (Å²) >= 11 is 6.70. The Labute approximate surface area is 143 Å². The molecule has 7 heteroatoms. The molecule has 118 valence electrons. The van der Waals surface area contributed by atoms with Crippen molar-refractivity contribution in [3.8, 4) is 0 Å². The van der Waals surface area contributed by atoms with Crippen LogP contribution in [0.1, 0.15) is 20.3 Å². The summed E-state index contributed by atoms with van der Waals surface area (Å²) in [6.45, 7) is 7.31. The van der Waals surface area contributed by atoms with Gasteiger partial charge in [0.25, 0.3) is 0 Å². The van der Waals surface area contributed by atoms with Gasteiger partial charge in [-0.25, -0.2) is 8.42 Å². The molecular formula is C14H20Br2N2O2S. The van der Waals surface area contributed by atoms with Crippen LogP contribution >= 0.6 is 31.9 Å². The van der Waals surface area contributed by atoms with E-state index in [0.717, 1.165) is 24.0 Å². The number of nitrogens with zero attached hydrogens (tertiary/aromatic N) is 2. The molecule has 1 atom stereocenters. The quantitative estimate of drug-likeness (QED) is 0.706. The molecule has 1 aromatic rings. The fourth-order valence-electron chi connectivity index (χ4n) is 2.79. The van der Waals surface area contributed by atoms with Crippen molar-refractivity contribution in [2.24, 2.45) is 0 Å². The van der Waals surface area contributed by atoms with Crippen LogP contribution in [0.4, 0.5) is 0 Å². The summed E-state index contributed by atoms with van der Waals surface area (Å²) in [5.41, 5.74) is 0. The summed E-state index contributed by atoms with van der Waals surface area (Å²) in [5, 5.41) is 0. The lowest BCUT2D eigenvalue weighted by molar-refractivity contribution is 0.224. The molecule has 4 nitrogen and oxygen atoms in total. The molecule has 0 N–H and O–H groups in total. The van der Waals surface area contributed by atoms with E-state index >= 15 is 0 Å². The van der Waals surface area contributed by atoms with Crippen molar-refractivity contribution in [3.05, 3.63) is 27.1 Å². The molecule has 1 aliphatic heterocycles. The molecule has 1 unspecified atom stereocenters. The van der Waals surface area contributed by atoms with Crippen LogP contribution < -0.4 is 0 Å². The zero-order valence-electron chi connectivity index (χ0n) is 12.2. The number of hydrogen-bond acceptors (Lipinski definition) is 3. The van der Waals surface area contributed by atoms with Crippen LogP contribution in [0.2, 0.25) is 0 Å². The van der Waals surface area contributed by atoms with Crippen molar-refractivity contribution in [3.63, 3.8) is 0 Å². The van der Waals surface area contributed by atoms with E-state index in [4.69, 9.17) is 0 Å². The lowest BCUT2D eigenvalue weighted by atomic mass is 10.2. The van der Waals surface area contributed by atoms with Gasteiger partial charge in [0.15, 0.2) is 0 Å². The van der Waals surface area contributed by atoms with Crippen molar-refractivity contribution in [1.82, 2.24) is 9.21 Å². The molecule has 1 saturated heterocycles. The minimum absolute atomic E-state index is 0.323. The largest absolute Gasteiger partial charge is 0.300 e. The first-order chi connectivity index (χ1) is 9.90. The fourth-order valence-corrected chi connectivity index (χ4v) is 5.99. The molecule has 1 aliphatic rings. The van der Waals surface area contributed by atoms with Crippen LogP contribution in [0.3, 0.4) is 0 Å². The molecule has 0 spiro atoms. The average molecular weight is 440 g/mol. The number of rotatable bonds is 5. The van der Waals surface area contributed by atoms with Gasteiger partial charge in [0.05, 0.1) is 4.90 Å². The summed E-state index contributed by atoms with van der Waals surface area (Å²) in [4.78, 5) is 2.66. The molecule has 2 rings (SSSR count). The molecule has 0 bridgehead atoms. The van der Waals surface area contributed by atoms with Crippen molar-refractivity contribution in [1.29, 1.82) is 0 Å². The number of halogens is 2. The van der Waals surface area contributed by atoms with Gasteiger partial charge in [0.2, 0.25) is 10.0 Å². The van der Waals surface area contributed by atoms with Gasteiger partial charge in [-0.1, -0.05) is 29.8 Å². The monoisotopic (exact) mass is 438 g/mol. The third-order valence-corrected chi connectivity index (χ3v) is 7.30. The standard InChI is InChI=1S/C14H20Br2N2O2S/c1-3-17(4-2)12-7-8-18(10-12)21(19,20)14-6-5-11(15)9-13(14)16/h5-6,9,12H,3-4,7-8,10H2,1-2H3. The molecule has 0 aliphatic carbocycles. The average Bonchev–Trinajstić information content (AvgIpc) is 2.90. The highest BCUT2D eigenvalue weighted by Gasteiger charge is 2.35. The van der Waals surface area contributed by atoms with Crippen LogP contribution in [0.25, 0.3) is 0 Å². The lowest BCUT2D eigenvalue weighted by Gasteiger charge is -2.26. The maximum atomic E-state index is 12.8. The van der Waals surface area contributed by atoms with E-state index in [1.54, 1.807) is 22.5 Å². The zero-order chi connectivity index (χ0) is 15.6. The molecule has 1 aromatic carbocycles. The summed E-state index contributed by atoms with van der Waals surface area (Å²) < 4.78 is 28.6. The molecule has 0 saturated carbocycles. The maximum absolute atomic E-state index is 12.8. The SMILES string of the molecule is CCN(CC)C1CCN(S(=O)(=O)c2ccc(Br)cc2Br)C1. The topological polar surface area (TPSA) is 40.6 Å². The second-order valence-electron chi connectivity index (χ2n) is 5.10. The highest BCUT2D eigenvalue weighted by Crippen LogP contribution is 2.30. The Morgan fingerprint density at radius 3 is 2.52 bits per heavy atom. The van der Waals surface area contributed by atoms with Crippen LogP contribution in [0.15, 0.2) is 32.0 Å². The second kappa shape index (κ2) is 7.08. The predicted molar refractivity (Wildman–Crippen MR) is 91.9 cm³/mol. The molecule has 1 fully saturated rings. The van der Waals surface area contributed by atoms with Crippen molar-refractivity contribution in [2.75, 3.05) is 26.2 Å². The smallest absolute Gasteiger partial charge is 0.244 e. The van der Waals surface area contributed by atoms with Gasteiger partial charge in [-0.2, -0.15) is 4.31 Å². The summed E-state index contributed by atoms with van der Waals surface area (Å²) in [6, 6.07) is 5.50. The summed E-state index contributed by atoms with van der Waals surface area (Å²) in [6.07, 6.45) is 0.898. The molecule has 1 heterocycles. The molecule has 0 aromatic heterocycles. The molecular weight excluding hydrogens is 420 g/mol. The fraction of sp³-hybridized carbons (Fsp3) is 0.571. The summed E-state index contributed by atoms with van der Waals surface area (Å²) in [5.74, 6) is 0. The van der Waals surface area contributed by atoms with Crippen molar-refractivity contribution >= 4 is 41.9 Å². The number of sulfonamides is 1. The van der Waals surface area contributed by atoms with E-state index in [1.165, 1.54) is 0 Å². The first-order valence-corrected chi connectivity index (χ1v) is 10.1. The molecule has 21 heavy (non-hydrogen) atoms. The maximum Gasteiger partial charge on any atom is 0.244 e. The van der Waals surface area contributed by atoms with Gasteiger partial charge < -0.3 is 0 Å². The Morgan fingerprint density at radius 2 is 1.95 bits per heavy atom. The van der Waals surface area contributed by atoms with Gasteiger partial charge >= 0.3 is 0 Å². The molecule has 0 radical (unpaired) electrons. The van der Waals surface area contributed by atoms with E-state index in [1.807, 2.05) is 0 Å². The minimum atomic E-state index is -3.43. The van der Waals surface area contributed by atoms with Crippen LogP contribution in [0.5, 0.6) is 0 Å². The van der Waals surface area contributed by atoms with Gasteiger partial charge in [-0.15, -0.1) is 0 Å². The first-order valence-electron chi connectivity index (χ1n) is 7.09. The Hall–Kier alpha value is 0.0500. The third kappa shape index (κ3) is 3.69. The van der Waals surface area contributed by atoms with E-state index < -0.39 is 10.0 Å². The summed E-state index contributed by atoms with van der Waals surface area (Å²) in [7, 11) is -3.43. The number of likely N-dealkylation sites (N-methyl/N-ethyl adjacent to an activating group) is 1. The van der Waals surface area contributed by atoms with Gasteiger partial charge in [-0.3, -0.25) is 4.90 Å². The van der Waals surface area contributed by atoms with Gasteiger partial charge in [0.1, 0.15) is 0 Å². The van der Waals surface area contributed by atoms with E-state index in [9.17, 15) is 8.42 Å². The zero-order valence-corrected chi connectivity index (χ0v) is 16.2. The molecule has 0 amide bonds. The Balaban J connectivity index is 2.22. The van der Waals surface area contributed by atoms with Crippen LogP contribution in [0, 0.1) is 0 Å². The van der Waals surface area contributed by atoms with Crippen LogP contribution in [-0.4, -0.2) is 49.8 Å². The number of hydrogen-bond donors (Lipinski definition) is 0. The van der Waals surface area contributed by atoms with Crippen molar-refractivity contribution < 1.29 is 8.42 Å². The first kappa shape index (κ1) is 17.4. The van der Waals surface area contributed by atoms with E-state index in [2.05, 4.69) is 50.6 Å². The van der Waals surface area contributed by atoms with Crippen LogP contribution in [-0.2, 0) is 10.0 Å². The second-order valence-corrected chi connectivity index (χ2v) is 8.78. The van der Waals surface area contributed by atoms with E-state index in [0.29, 0.717) is 28.5 Å². The normalized spacial score (nSPS) is 20.3. The third-order valence-electron chi connectivity index (χ3n) is 3.97. The lowest BCUT2D eigenvalue weighted by Crippen LogP contribution is -2.38. The van der Waals surface area contributed by atoms with Gasteiger partial charge in [0, 0.05) is 28.1 Å². The Bertz CT molecular complexity index is 603. The van der Waals surface area contributed by atoms with E-state index in [-0.39, 0.29) is 0 Å². The Kier molecular flexibility index (Phi) is 5.87. The Morgan fingerprint density at radius 1 is 1.29 bits per heavy atom. The highest BCUT2D eigenvalue weighted by molar-refractivity contribution is 9.11. The predicted octanol–water partition coefficient (Wildman–Crippen LogP) is 3.32. The highest BCUT2D eigenvalue weighted by atomic mass is 79.9. The minimum Gasteiger partial charge on any atom is -0.300 e. The van der Waals surface area contributed by atoms with Gasteiger partial charge in [-0.05, 0) is 53.6 Å². The van der Waals surface area contributed by atoms with Crippen molar-refractivity contribution in [2.45, 2.75) is 31.2 Å².